The fourth-order valence-electron chi connectivity index (χ4n) is 0.635. The number of rotatable bonds is 0. The lowest BCUT2D eigenvalue weighted by atomic mass is 10.2. The highest BCUT2D eigenvalue weighted by Crippen LogP contribution is 2.01. The molecule has 0 aliphatic rings. The highest BCUT2D eigenvalue weighted by atomic mass is 14.6. The van der Waals surface area contributed by atoms with E-state index in [-0.39, 0.29) is 0 Å². The molecular weight excluding hydrogens is 122 g/mol. The molecule has 1 aromatic heterocycles. The largest absolute Gasteiger partial charge is 0.263 e. The average Bonchev–Trinajstić information content (AvgIpc) is 2.04. The number of terminal acetylenes is 2. The second-order valence-corrected chi connectivity index (χ2v) is 1.71. The molecule has 0 atom stereocenters. The first-order chi connectivity index (χ1) is 4.88. The average molecular weight is 127 g/mol. The van der Waals surface area contributed by atoms with E-state index in [4.69, 9.17) is 12.8 Å². The molecule has 0 aromatic carbocycles. The van der Waals surface area contributed by atoms with Gasteiger partial charge in [0.25, 0.3) is 0 Å². The number of pyridine rings is 1. The minimum atomic E-state index is 0.671. The van der Waals surface area contributed by atoms with Crippen LogP contribution in [0.4, 0.5) is 0 Å². The quantitative estimate of drug-likeness (QED) is 0.474. The Morgan fingerprint density at radius 2 is 1.90 bits per heavy atom. The van der Waals surface area contributed by atoms with Crippen molar-refractivity contribution in [1.29, 1.82) is 0 Å². The van der Waals surface area contributed by atoms with Gasteiger partial charge >= 0.3 is 0 Å². The van der Waals surface area contributed by atoms with Crippen LogP contribution in [0.2, 0.25) is 0 Å². The highest BCUT2D eigenvalue weighted by Gasteiger charge is 1.92. The molecule has 0 N–H and O–H groups in total. The van der Waals surface area contributed by atoms with E-state index in [1.54, 1.807) is 18.5 Å². The standard InChI is InChI=1S/C9H5N/c1-3-8-5-6-10-7-9(8)4-2/h1-2,5-7H. The molecule has 0 fully saturated rings. The molecule has 1 heteroatoms. The van der Waals surface area contributed by atoms with Crippen LogP contribution in [-0.2, 0) is 0 Å². The molecule has 0 aliphatic carbocycles. The summed E-state index contributed by atoms with van der Waals surface area (Å²) < 4.78 is 0. The van der Waals surface area contributed by atoms with Crippen molar-refractivity contribution in [3.05, 3.63) is 29.6 Å². The van der Waals surface area contributed by atoms with E-state index in [1.165, 1.54) is 0 Å². The van der Waals surface area contributed by atoms with Crippen LogP contribution in [-0.4, -0.2) is 4.98 Å². The van der Waals surface area contributed by atoms with E-state index in [1.807, 2.05) is 0 Å². The molecule has 46 valence electrons. The first-order valence-electron chi connectivity index (χ1n) is 2.75. The third-order valence-electron chi connectivity index (χ3n) is 1.13. The zero-order valence-electron chi connectivity index (χ0n) is 5.33. The van der Waals surface area contributed by atoms with Gasteiger partial charge in [-0.2, -0.15) is 0 Å². The van der Waals surface area contributed by atoms with Gasteiger partial charge in [0.15, 0.2) is 0 Å². The van der Waals surface area contributed by atoms with Gasteiger partial charge in [0.05, 0.1) is 5.56 Å². The van der Waals surface area contributed by atoms with Gasteiger partial charge in [-0.25, -0.2) is 0 Å². The maximum atomic E-state index is 5.15. The van der Waals surface area contributed by atoms with Crippen molar-refractivity contribution in [3.8, 4) is 24.7 Å². The van der Waals surface area contributed by atoms with Crippen LogP contribution in [0.3, 0.4) is 0 Å². The summed E-state index contributed by atoms with van der Waals surface area (Å²) in [5.41, 5.74) is 1.39. The molecule has 1 aromatic rings. The van der Waals surface area contributed by atoms with Crippen molar-refractivity contribution < 1.29 is 0 Å². The topological polar surface area (TPSA) is 12.9 Å². The Bertz CT molecular complexity index is 279. The molecular formula is C9H5N. The molecule has 0 aliphatic heterocycles. The van der Waals surface area contributed by atoms with Crippen molar-refractivity contribution in [2.75, 3.05) is 0 Å². The van der Waals surface area contributed by atoms with Gasteiger partial charge in [-0.1, -0.05) is 11.8 Å². The van der Waals surface area contributed by atoms with Gasteiger partial charge in [-0.05, 0) is 6.07 Å². The molecule has 0 amide bonds. The Kier molecular flexibility index (Phi) is 1.73. The summed E-state index contributed by atoms with van der Waals surface area (Å²) in [6, 6.07) is 1.72. The Morgan fingerprint density at radius 1 is 1.20 bits per heavy atom. The van der Waals surface area contributed by atoms with Crippen molar-refractivity contribution in [3.63, 3.8) is 0 Å². The van der Waals surface area contributed by atoms with Crippen LogP contribution >= 0.6 is 0 Å². The fourth-order valence-corrected chi connectivity index (χ4v) is 0.635. The molecule has 10 heavy (non-hydrogen) atoms. The normalized spacial score (nSPS) is 7.80. The number of hydrogen-bond acceptors (Lipinski definition) is 1. The Morgan fingerprint density at radius 3 is 2.40 bits per heavy atom. The summed E-state index contributed by atoms with van der Waals surface area (Å²) in [4.78, 5) is 3.83. The van der Waals surface area contributed by atoms with Gasteiger partial charge < -0.3 is 0 Å². The molecule has 0 bridgehead atoms. The molecule has 0 spiro atoms. The minimum Gasteiger partial charge on any atom is -0.263 e. The van der Waals surface area contributed by atoms with Crippen molar-refractivity contribution in [2.45, 2.75) is 0 Å². The Hall–Kier alpha value is -1.73. The summed E-state index contributed by atoms with van der Waals surface area (Å²) >= 11 is 0. The highest BCUT2D eigenvalue weighted by molar-refractivity contribution is 5.46. The molecule has 1 heterocycles. The minimum absolute atomic E-state index is 0.671. The number of nitrogens with zero attached hydrogens (tertiary/aromatic N) is 1. The van der Waals surface area contributed by atoms with E-state index < -0.39 is 0 Å². The monoisotopic (exact) mass is 127 g/mol. The van der Waals surface area contributed by atoms with Crippen LogP contribution in [0.25, 0.3) is 0 Å². The zero-order chi connectivity index (χ0) is 7.40. The molecule has 0 saturated carbocycles. The predicted molar refractivity (Wildman–Crippen MR) is 40.1 cm³/mol. The lowest BCUT2D eigenvalue weighted by Gasteiger charge is -1.91. The maximum Gasteiger partial charge on any atom is 0.0582 e. The second kappa shape index (κ2) is 2.71. The molecule has 1 rings (SSSR count). The van der Waals surface area contributed by atoms with Crippen molar-refractivity contribution in [1.82, 2.24) is 4.98 Å². The van der Waals surface area contributed by atoms with E-state index in [0.717, 1.165) is 5.56 Å². The van der Waals surface area contributed by atoms with E-state index in [0.29, 0.717) is 5.56 Å². The summed E-state index contributed by atoms with van der Waals surface area (Å²) in [5, 5.41) is 0. The SMILES string of the molecule is C#Cc1ccncc1C#C. The Balaban J connectivity index is 3.28. The summed E-state index contributed by atoms with van der Waals surface area (Å²) in [6.07, 6.45) is 13.5. The summed E-state index contributed by atoms with van der Waals surface area (Å²) in [7, 11) is 0. The fraction of sp³-hybridized carbons (Fsp3) is 0. The summed E-state index contributed by atoms with van der Waals surface area (Å²) in [6.45, 7) is 0. The third kappa shape index (κ3) is 0.989. The van der Waals surface area contributed by atoms with Crippen molar-refractivity contribution in [2.24, 2.45) is 0 Å². The first-order valence-corrected chi connectivity index (χ1v) is 2.75. The third-order valence-corrected chi connectivity index (χ3v) is 1.13. The number of hydrogen-bond donors (Lipinski definition) is 0. The van der Waals surface area contributed by atoms with Crippen LogP contribution in [0.15, 0.2) is 18.5 Å². The second-order valence-electron chi connectivity index (χ2n) is 1.71. The van der Waals surface area contributed by atoms with Gasteiger partial charge in [-0.15, -0.1) is 12.8 Å². The first kappa shape index (κ1) is 6.39. The lowest BCUT2D eigenvalue weighted by Crippen LogP contribution is -1.82. The Labute approximate surface area is 60.1 Å². The molecule has 0 unspecified atom stereocenters. The molecule has 0 saturated heterocycles. The van der Waals surface area contributed by atoms with E-state index >= 15 is 0 Å². The molecule has 1 nitrogen and oxygen atoms in total. The number of aromatic nitrogens is 1. The zero-order valence-corrected chi connectivity index (χ0v) is 5.33. The maximum absolute atomic E-state index is 5.15. The van der Waals surface area contributed by atoms with Gasteiger partial charge in [0.2, 0.25) is 0 Å². The van der Waals surface area contributed by atoms with Crippen LogP contribution in [0.5, 0.6) is 0 Å². The van der Waals surface area contributed by atoms with Gasteiger partial charge in [-0.3, -0.25) is 4.98 Å². The van der Waals surface area contributed by atoms with E-state index in [2.05, 4.69) is 16.8 Å². The smallest absolute Gasteiger partial charge is 0.0582 e. The van der Waals surface area contributed by atoms with Crippen LogP contribution in [0.1, 0.15) is 11.1 Å². The van der Waals surface area contributed by atoms with Crippen LogP contribution < -0.4 is 0 Å². The van der Waals surface area contributed by atoms with E-state index in [9.17, 15) is 0 Å². The summed E-state index contributed by atoms with van der Waals surface area (Å²) in [5.74, 6) is 4.91. The van der Waals surface area contributed by atoms with Crippen LogP contribution in [0, 0.1) is 24.7 Å². The van der Waals surface area contributed by atoms with Gasteiger partial charge in [0.1, 0.15) is 0 Å². The lowest BCUT2D eigenvalue weighted by molar-refractivity contribution is 1.30. The van der Waals surface area contributed by atoms with Gasteiger partial charge in [0, 0.05) is 18.0 Å². The predicted octanol–water partition coefficient (Wildman–Crippen LogP) is 1.04. The van der Waals surface area contributed by atoms with Crippen molar-refractivity contribution >= 4 is 0 Å². The molecule has 0 radical (unpaired) electrons.